The summed E-state index contributed by atoms with van der Waals surface area (Å²) in [5.74, 6) is -0.170. The molecule has 0 aromatic carbocycles. The van der Waals surface area contributed by atoms with Crippen LogP contribution in [0.25, 0.3) is 0 Å². The summed E-state index contributed by atoms with van der Waals surface area (Å²) in [7, 11) is 3.27. The molecule has 5 heteroatoms. The van der Waals surface area contributed by atoms with Gasteiger partial charge >= 0.3 is 5.97 Å². The lowest BCUT2D eigenvalue weighted by atomic mass is 9.79. The minimum atomic E-state index is -0.552. The van der Waals surface area contributed by atoms with Crippen molar-refractivity contribution in [1.29, 1.82) is 0 Å². The standard InChI is InChI=1S/C12H19N3O2/c1-13-12(11(16)17-2)6-3-5-10(9-12)15-8-4-7-14-15/h4,7-8,10,13H,3,5-6,9H2,1-2H3. The van der Waals surface area contributed by atoms with Gasteiger partial charge in [-0.2, -0.15) is 5.10 Å². The Kier molecular flexibility index (Phi) is 3.47. The van der Waals surface area contributed by atoms with Gasteiger partial charge in [-0.1, -0.05) is 0 Å². The molecule has 2 unspecified atom stereocenters. The topological polar surface area (TPSA) is 56.1 Å². The fourth-order valence-corrected chi connectivity index (χ4v) is 2.68. The first kappa shape index (κ1) is 12.1. The SMILES string of the molecule is CNC1(C(=O)OC)CCCC(n2cccn2)C1. The fraction of sp³-hybridized carbons (Fsp3) is 0.667. The zero-order valence-electron chi connectivity index (χ0n) is 10.3. The maximum Gasteiger partial charge on any atom is 0.326 e. The minimum Gasteiger partial charge on any atom is -0.468 e. The number of ether oxygens (including phenoxy) is 1. The van der Waals surface area contributed by atoms with Gasteiger partial charge < -0.3 is 10.1 Å². The van der Waals surface area contributed by atoms with Crippen molar-refractivity contribution >= 4 is 5.97 Å². The van der Waals surface area contributed by atoms with E-state index in [1.54, 1.807) is 6.20 Å². The van der Waals surface area contributed by atoms with E-state index in [-0.39, 0.29) is 12.0 Å². The van der Waals surface area contributed by atoms with Crippen molar-refractivity contribution in [2.45, 2.75) is 37.3 Å². The largest absolute Gasteiger partial charge is 0.468 e. The van der Waals surface area contributed by atoms with Crippen molar-refractivity contribution < 1.29 is 9.53 Å². The van der Waals surface area contributed by atoms with E-state index in [0.29, 0.717) is 0 Å². The molecule has 0 aliphatic heterocycles. The molecular weight excluding hydrogens is 218 g/mol. The van der Waals surface area contributed by atoms with Crippen LogP contribution in [0, 0.1) is 0 Å². The number of nitrogens with zero attached hydrogens (tertiary/aromatic N) is 2. The lowest BCUT2D eigenvalue weighted by Gasteiger charge is -2.38. The number of hydrogen-bond donors (Lipinski definition) is 1. The first-order valence-electron chi connectivity index (χ1n) is 5.98. The van der Waals surface area contributed by atoms with Crippen molar-refractivity contribution in [3.63, 3.8) is 0 Å². The summed E-state index contributed by atoms with van der Waals surface area (Å²) in [5, 5.41) is 7.41. The van der Waals surface area contributed by atoms with E-state index in [1.165, 1.54) is 7.11 Å². The molecule has 1 aliphatic rings. The average Bonchev–Trinajstić information content (AvgIpc) is 2.91. The smallest absolute Gasteiger partial charge is 0.326 e. The Morgan fingerprint density at radius 2 is 2.47 bits per heavy atom. The van der Waals surface area contributed by atoms with Crippen molar-refractivity contribution in [1.82, 2.24) is 15.1 Å². The van der Waals surface area contributed by atoms with E-state index in [2.05, 4.69) is 10.4 Å². The summed E-state index contributed by atoms with van der Waals surface area (Å²) in [5.41, 5.74) is -0.552. The Bertz CT molecular complexity index is 377. The molecule has 1 saturated carbocycles. The van der Waals surface area contributed by atoms with Crippen LogP contribution in [0.4, 0.5) is 0 Å². The van der Waals surface area contributed by atoms with Gasteiger partial charge in [0.2, 0.25) is 0 Å². The number of nitrogens with one attached hydrogen (secondary N) is 1. The molecule has 5 nitrogen and oxygen atoms in total. The van der Waals surface area contributed by atoms with Crippen LogP contribution in [0.3, 0.4) is 0 Å². The third kappa shape index (κ3) is 2.20. The average molecular weight is 237 g/mol. The number of hydrogen-bond acceptors (Lipinski definition) is 4. The molecule has 0 radical (unpaired) electrons. The van der Waals surface area contributed by atoms with Crippen molar-refractivity contribution in [3.05, 3.63) is 18.5 Å². The number of methoxy groups -OCH3 is 1. The van der Waals surface area contributed by atoms with Gasteiger partial charge in [0.25, 0.3) is 0 Å². The zero-order valence-corrected chi connectivity index (χ0v) is 10.3. The van der Waals surface area contributed by atoms with Gasteiger partial charge in [-0.15, -0.1) is 0 Å². The molecule has 1 heterocycles. The van der Waals surface area contributed by atoms with Gasteiger partial charge in [-0.25, -0.2) is 0 Å². The van der Waals surface area contributed by atoms with E-state index >= 15 is 0 Å². The van der Waals surface area contributed by atoms with Crippen molar-refractivity contribution in [2.24, 2.45) is 0 Å². The Labute approximate surface area is 101 Å². The molecule has 0 bridgehead atoms. The monoisotopic (exact) mass is 237 g/mol. The quantitative estimate of drug-likeness (QED) is 0.801. The van der Waals surface area contributed by atoms with Gasteiger partial charge in [-0.3, -0.25) is 9.48 Å². The highest BCUT2D eigenvalue weighted by molar-refractivity contribution is 5.80. The molecular formula is C12H19N3O2. The van der Waals surface area contributed by atoms with Gasteiger partial charge in [0.1, 0.15) is 5.54 Å². The summed E-state index contributed by atoms with van der Waals surface area (Å²) in [6.07, 6.45) is 7.34. The van der Waals surface area contributed by atoms with Crippen LogP contribution in [0.15, 0.2) is 18.5 Å². The lowest BCUT2D eigenvalue weighted by molar-refractivity contribution is -0.150. The first-order valence-corrected chi connectivity index (χ1v) is 5.98. The molecule has 2 atom stereocenters. The first-order chi connectivity index (χ1) is 8.22. The maximum atomic E-state index is 11.9. The van der Waals surface area contributed by atoms with Gasteiger partial charge in [0.05, 0.1) is 13.2 Å². The predicted octanol–water partition coefficient (Wildman–Crippen LogP) is 1.13. The van der Waals surface area contributed by atoms with Gasteiger partial charge in [-0.05, 0) is 38.8 Å². The van der Waals surface area contributed by atoms with Crippen LogP contribution in [0.2, 0.25) is 0 Å². The maximum absolute atomic E-state index is 11.9. The number of carbonyl (C=O) groups is 1. The molecule has 2 rings (SSSR count). The predicted molar refractivity (Wildman–Crippen MR) is 63.5 cm³/mol. The Morgan fingerprint density at radius 1 is 1.65 bits per heavy atom. The summed E-state index contributed by atoms with van der Waals surface area (Å²) in [6, 6.07) is 2.18. The molecule has 1 aromatic heterocycles. The van der Waals surface area contributed by atoms with Gasteiger partial charge in [0, 0.05) is 12.4 Å². The molecule has 0 spiro atoms. The Morgan fingerprint density at radius 3 is 3.06 bits per heavy atom. The minimum absolute atomic E-state index is 0.170. The zero-order chi connectivity index (χ0) is 12.3. The number of esters is 1. The molecule has 1 aliphatic carbocycles. The fourth-order valence-electron chi connectivity index (χ4n) is 2.68. The van der Waals surface area contributed by atoms with Gasteiger partial charge in [0.15, 0.2) is 0 Å². The Balaban J connectivity index is 2.17. The van der Waals surface area contributed by atoms with E-state index in [9.17, 15) is 4.79 Å². The normalized spacial score (nSPS) is 28.9. The molecule has 0 saturated heterocycles. The van der Waals surface area contributed by atoms with E-state index in [4.69, 9.17) is 4.74 Å². The highest BCUT2D eigenvalue weighted by atomic mass is 16.5. The number of carbonyl (C=O) groups excluding carboxylic acids is 1. The third-order valence-corrected chi connectivity index (χ3v) is 3.68. The summed E-state index contributed by atoms with van der Waals surface area (Å²) < 4.78 is 6.86. The van der Waals surface area contributed by atoms with Crippen molar-refractivity contribution in [3.8, 4) is 0 Å². The number of aromatic nitrogens is 2. The van der Waals surface area contributed by atoms with Crippen LogP contribution < -0.4 is 5.32 Å². The third-order valence-electron chi connectivity index (χ3n) is 3.68. The second-order valence-electron chi connectivity index (χ2n) is 4.56. The molecule has 1 fully saturated rings. The lowest BCUT2D eigenvalue weighted by Crippen LogP contribution is -2.54. The van der Waals surface area contributed by atoms with E-state index in [0.717, 1.165) is 25.7 Å². The van der Waals surface area contributed by atoms with Crippen LogP contribution >= 0.6 is 0 Å². The van der Waals surface area contributed by atoms with Crippen LogP contribution in [0.5, 0.6) is 0 Å². The molecule has 1 aromatic rings. The number of rotatable bonds is 3. The van der Waals surface area contributed by atoms with Crippen LogP contribution in [-0.2, 0) is 9.53 Å². The Hall–Kier alpha value is -1.36. The summed E-state index contributed by atoms with van der Waals surface area (Å²) in [4.78, 5) is 11.9. The van der Waals surface area contributed by atoms with E-state index < -0.39 is 5.54 Å². The molecule has 0 amide bonds. The summed E-state index contributed by atoms with van der Waals surface area (Å²) in [6.45, 7) is 0. The second-order valence-corrected chi connectivity index (χ2v) is 4.56. The number of likely N-dealkylation sites (N-methyl/N-ethyl adjacent to an activating group) is 1. The van der Waals surface area contributed by atoms with Crippen LogP contribution in [0.1, 0.15) is 31.7 Å². The highest BCUT2D eigenvalue weighted by Gasteiger charge is 2.43. The molecule has 17 heavy (non-hydrogen) atoms. The van der Waals surface area contributed by atoms with Crippen molar-refractivity contribution in [2.75, 3.05) is 14.2 Å². The van der Waals surface area contributed by atoms with E-state index in [1.807, 2.05) is 24.0 Å². The second kappa shape index (κ2) is 4.87. The molecule has 1 N–H and O–H groups in total. The molecule has 94 valence electrons. The highest BCUT2D eigenvalue weighted by Crippen LogP contribution is 2.35. The van der Waals surface area contributed by atoms with Crippen LogP contribution in [-0.4, -0.2) is 35.4 Å². The summed E-state index contributed by atoms with van der Waals surface area (Å²) >= 11 is 0.